The Kier molecular flexibility index (Phi) is 9.01. The predicted molar refractivity (Wildman–Crippen MR) is 169 cm³/mol. The molecule has 2 saturated heterocycles. The number of aromatic nitrogens is 1. The number of aliphatic hydroxyl groups is 1. The number of hydrogen-bond acceptors (Lipinski definition) is 9. The molecule has 6 rings (SSSR count). The second kappa shape index (κ2) is 12.9. The molecule has 0 radical (unpaired) electrons. The molecule has 1 saturated carbocycles. The molecule has 13 heteroatoms. The second-order valence-corrected chi connectivity index (χ2v) is 14.6. The highest BCUT2D eigenvalue weighted by Crippen LogP contribution is 2.42. The number of carboxylic acid groups (broad SMARTS) is 1. The number of sulfonamides is 1. The number of carboxylic acids is 1. The maximum Gasteiger partial charge on any atom is 0.348 e. The Labute approximate surface area is 261 Å². The Morgan fingerprint density at radius 2 is 1.84 bits per heavy atom. The molecule has 2 unspecified atom stereocenters. The van der Waals surface area contributed by atoms with Crippen LogP contribution >= 0.6 is 11.3 Å². The maximum absolute atomic E-state index is 14.0. The molecule has 1 amide bonds. The molecular formula is C31H37N5O6S2. The molecule has 1 aliphatic carbocycles. The maximum atomic E-state index is 14.0. The number of aliphatic hydroxyl groups excluding tert-OH is 1. The zero-order valence-corrected chi connectivity index (χ0v) is 26.0. The smallest absolute Gasteiger partial charge is 0.348 e. The molecule has 4 heterocycles. The van der Waals surface area contributed by atoms with E-state index in [1.807, 2.05) is 35.2 Å². The van der Waals surface area contributed by atoms with Crippen LogP contribution in [0.25, 0.3) is 10.4 Å². The van der Waals surface area contributed by atoms with Gasteiger partial charge in [0.25, 0.3) is 0 Å². The van der Waals surface area contributed by atoms with Gasteiger partial charge in [-0.25, -0.2) is 18.2 Å². The Morgan fingerprint density at radius 1 is 1.07 bits per heavy atom. The lowest BCUT2D eigenvalue weighted by atomic mass is 9.82. The highest BCUT2D eigenvalue weighted by atomic mass is 32.2. The van der Waals surface area contributed by atoms with E-state index < -0.39 is 34.5 Å². The molecule has 234 valence electrons. The number of carbonyl (C=O) groups is 2. The number of carbonyl (C=O) groups excluding carboxylic acids is 1. The van der Waals surface area contributed by atoms with E-state index in [1.54, 1.807) is 17.0 Å². The van der Waals surface area contributed by atoms with E-state index in [2.05, 4.69) is 10.3 Å². The van der Waals surface area contributed by atoms with Gasteiger partial charge in [0, 0.05) is 43.3 Å². The number of thiophene rings is 1. The topological polar surface area (TPSA) is 143 Å². The van der Waals surface area contributed by atoms with Crippen LogP contribution in [0.5, 0.6) is 0 Å². The first-order valence-electron chi connectivity index (χ1n) is 15.1. The van der Waals surface area contributed by atoms with Gasteiger partial charge in [0.15, 0.2) is 0 Å². The van der Waals surface area contributed by atoms with Crippen LogP contribution in [-0.2, 0) is 14.8 Å². The average Bonchev–Trinajstić information content (AvgIpc) is 3.51. The monoisotopic (exact) mass is 639 g/mol. The fourth-order valence-corrected chi connectivity index (χ4v) is 8.96. The lowest BCUT2D eigenvalue weighted by Crippen LogP contribution is -2.60. The summed E-state index contributed by atoms with van der Waals surface area (Å²) in [6.45, 7) is 1.61. The number of benzene rings is 1. The van der Waals surface area contributed by atoms with E-state index >= 15 is 0 Å². The fourth-order valence-electron chi connectivity index (χ4n) is 6.62. The molecule has 2 aliphatic heterocycles. The van der Waals surface area contributed by atoms with Gasteiger partial charge in [-0.2, -0.15) is 4.31 Å². The third-order valence-electron chi connectivity index (χ3n) is 8.88. The summed E-state index contributed by atoms with van der Waals surface area (Å²) in [4.78, 5) is 35.2. The third-order valence-corrected chi connectivity index (χ3v) is 11.8. The van der Waals surface area contributed by atoms with Gasteiger partial charge in [0.1, 0.15) is 15.6 Å². The fraction of sp³-hybridized carbons (Fsp3) is 0.452. The molecule has 3 N–H and O–H groups in total. The summed E-state index contributed by atoms with van der Waals surface area (Å²) in [7, 11) is -4.06. The van der Waals surface area contributed by atoms with Crippen LogP contribution in [0.15, 0.2) is 59.6 Å². The SMILES string of the molecule is O=C(O)c1sc(-c2ccccc2)cc1N1C(=O)CN(S(=O)(=O)c2ccc(N3CCNC(CO)C3)nc2)CC1C1CCCCC1. The molecule has 2 atom stereocenters. The van der Waals surface area contributed by atoms with Gasteiger partial charge < -0.3 is 25.3 Å². The summed E-state index contributed by atoms with van der Waals surface area (Å²) in [6, 6.07) is 13.8. The minimum Gasteiger partial charge on any atom is -0.477 e. The van der Waals surface area contributed by atoms with Crippen LogP contribution in [0, 0.1) is 5.92 Å². The standard InChI is InChI=1S/C31H37N5O6S2/c37-20-23-17-34(14-13-32-23)28-12-11-24(16-33-28)44(41,42)35-18-26(21-7-3-1-4-8-21)36(29(38)19-35)25-15-27(43-30(25)31(39)40)22-9-5-2-6-10-22/h2,5-6,9-12,15-16,21,23,26,32,37H,1,3-4,7-8,13-14,17-20H2,(H,39,40). The molecule has 1 aromatic carbocycles. The van der Waals surface area contributed by atoms with E-state index in [1.165, 1.54) is 16.6 Å². The van der Waals surface area contributed by atoms with E-state index in [9.17, 15) is 28.2 Å². The minimum atomic E-state index is -4.06. The first kappa shape index (κ1) is 30.7. The van der Waals surface area contributed by atoms with Gasteiger partial charge in [0.05, 0.1) is 24.9 Å². The number of hydrogen-bond donors (Lipinski definition) is 3. The highest BCUT2D eigenvalue weighted by molar-refractivity contribution is 7.89. The Bertz CT molecular complexity index is 1590. The summed E-state index contributed by atoms with van der Waals surface area (Å²) < 4.78 is 29.1. The van der Waals surface area contributed by atoms with Gasteiger partial charge in [0.2, 0.25) is 15.9 Å². The van der Waals surface area contributed by atoms with Gasteiger partial charge >= 0.3 is 5.97 Å². The van der Waals surface area contributed by atoms with Crippen LogP contribution in [0.2, 0.25) is 0 Å². The number of piperazine rings is 2. The Balaban J connectivity index is 1.30. The summed E-state index contributed by atoms with van der Waals surface area (Å²) in [5.74, 6) is -0.882. The van der Waals surface area contributed by atoms with Crippen LogP contribution in [0.1, 0.15) is 41.8 Å². The lowest BCUT2D eigenvalue weighted by Gasteiger charge is -2.44. The number of pyridine rings is 1. The summed E-state index contributed by atoms with van der Waals surface area (Å²) >= 11 is 1.13. The van der Waals surface area contributed by atoms with E-state index in [4.69, 9.17) is 0 Å². The van der Waals surface area contributed by atoms with Gasteiger partial charge in [-0.3, -0.25) is 4.79 Å². The van der Waals surface area contributed by atoms with Gasteiger partial charge in [-0.15, -0.1) is 11.3 Å². The van der Waals surface area contributed by atoms with E-state index in [-0.39, 0.29) is 34.9 Å². The normalized spacial score (nSPS) is 22.3. The molecule has 3 aromatic rings. The largest absolute Gasteiger partial charge is 0.477 e. The van der Waals surface area contributed by atoms with E-state index in [0.717, 1.165) is 53.9 Å². The number of rotatable bonds is 8. The van der Waals surface area contributed by atoms with E-state index in [0.29, 0.717) is 31.1 Å². The number of amides is 1. The molecule has 3 fully saturated rings. The molecular weight excluding hydrogens is 603 g/mol. The summed E-state index contributed by atoms with van der Waals surface area (Å²) in [6.07, 6.45) is 6.07. The number of aromatic carboxylic acids is 1. The summed E-state index contributed by atoms with van der Waals surface area (Å²) in [5, 5.41) is 22.9. The molecule has 2 aromatic heterocycles. The highest BCUT2D eigenvalue weighted by Gasteiger charge is 2.44. The number of nitrogens with zero attached hydrogens (tertiary/aromatic N) is 4. The quantitative estimate of drug-likeness (QED) is 0.338. The number of nitrogens with one attached hydrogen (secondary N) is 1. The summed E-state index contributed by atoms with van der Waals surface area (Å²) in [5.41, 5.74) is 1.19. The molecule has 3 aliphatic rings. The first-order chi connectivity index (χ1) is 21.3. The van der Waals surface area contributed by atoms with Crippen molar-refractivity contribution in [2.75, 3.05) is 49.1 Å². The zero-order valence-electron chi connectivity index (χ0n) is 24.3. The molecule has 0 spiro atoms. The van der Waals surface area contributed by atoms with Crippen LogP contribution in [-0.4, -0.2) is 91.2 Å². The van der Waals surface area contributed by atoms with Crippen molar-refractivity contribution >= 4 is 44.7 Å². The van der Waals surface area contributed by atoms with Crippen molar-refractivity contribution in [3.8, 4) is 10.4 Å². The average molecular weight is 640 g/mol. The Morgan fingerprint density at radius 3 is 2.52 bits per heavy atom. The number of anilines is 2. The molecule has 44 heavy (non-hydrogen) atoms. The van der Waals surface area contributed by atoms with Crippen LogP contribution < -0.4 is 15.1 Å². The molecule has 11 nitrogen and oxygen atoms in total. The van der Waals surface area contributed by atoms with Crippen molar-refractivity contribution in [3.05, 3.63) is 59.6 Å². The zero-order chi connectivity index (χ0) is 30.8. The minimum absolute atomic E-state index is 0.00195. The van der Waals surface area contributed by atoms with Crippen molar-refractivity contribution in [3.63, 3.8) is 0 Å². The van der Waals surface area contributed by atoms with Gasteiger partial charge in [-0.05, 0) is 42.5 Å². The van der Waals surface area contributed by atoms with Crippen molar-refractivity contribution in [2.45, 2.75) is 49.1 Å². The van der Waals surface area contributed by atoms with Crippen LogP contribution in [0.4, 0.5) is 11.5 Å². The van der Waals surface area contributed by atoms with Crippen molar-refractivity contribution in [1.82, 2.24) is 14.6 Å². The predicted octanol–water partition coefficient (Wildman–Crippen LogP) is 3.27. The second-order valence-electron chi connectivity index (χ2n) is 11.7. The third kappa shape index (κ3) is 6.11. The Hall–Kier alpha value is -3.36. The molecule has 0 bridgehead atoms. The van der Waals surface area contributed by atoms with Crippen molar-refractivity contribution in [1.29, 1.82) is 0 Å². The first-order valence-corrected chi connectivity index (χ1v) is 17.3. The van der Waals surface area contributed by atoms with Crippen molar-refractivity contribution in [2.24, 2.45) is 5.92 Å². The van der Waals surface area contributed by atoms with Gasteiger partial charge in [-0.1, -0.05) is 49.6 Å². The van der Waals surface area contributed by atoms with Crippen LogP contribution in [0.3, 0.4) is 0 Å². The van der Waals surface area contributed by atoms with Crippen molar-refractivity contribution < 1.29 is 28.2 Å². The lowest BCUT2D eigenvalue weighted by molar-refractivity contribution is -0.121.